The van der Waals surface area contributed by atoms with E-state index in [9.17, 15) is 18.8 Å². The number of likely N-dealkylation sites (tertiary alicyclic amines) is 1. The number of nitrogens with zero attached hydrogens (tertiary/aromatic N) is 3. The lowest BCUT2D eigenvalue weighted by Crippen LogP contribution is -2.49. The first-order valence-corrected chi connectivity index (χ1v) is 10.7. The van der Waals surface area contributed by atoms with Crippen LogP contribution < -0.4 is 10.9 Å². The first-order valence-electron chi connectivity index (χ1n) is 10.7. The van der Waals surface area contributed by atoms with E-state index in [1.54, 1.807) is 6.07 Å². The molecule has 1 saturated heterocycles. The van der Waals surface area contributed by atoms with Gasteiger partial charge in [-0.05, 0) is 36.7 Å². The third-order valence-corrected chi connectivity index (χ3v) is 5.59. The molecule has 1 atom stereocenters. The zero-order valence-electron chi connectivity index (χ0n) is 17.6. The quantitative estimate of drug-likeness (QED) is 0.560. The van der Waals surface area contributed by atoms with E-state index in [-0.39, 0.29) is 24.4 Å². The Labute approximate surface area is 175 Å². The van der Waals surface area contributed by atoms with Crippen molar-refractivity contribution >= 4 is 11.9 Å². The number of carboxylic acids is 1. The third-order valence-electron chi connectivity index (χ3n) is 5.59. The van der Waals surface area contributed by atoms with Gasteiger partial charge in [0.2, 0.25) is 5.91 Å². The molecule has 2 heterocycles. The van der Waals surface area contributed by atoms with Crippen LogP contribution in [0.4, 0.5) is 4.39 Å². The van der Waals surface area contributed by atoms with Crippen LogP contribution in [0.25, 0.3) is 0 Å². The minimum atomic E-state index is -0.997. The van der Waals surface area contributed by atoms with Gasteiger partial charge >= 0.3 is 5.97 Å². The Bertz CT molecular complexity index is 831. The second-order valence-electron chi connectivity index (χ2n) is 8.79. The molecule has 1 amide bonds. The maximum atomic E-state index is 13.1. The fraction of sp³-hybridized carbons (Fsp3) is 0.714. The van der Waals surface area contributed by atoms with E-state index in [2.05, 4.69) is 10.4 Å². The summed E-state index contributed by atoms with van der Waals surface area (Å²) < 4.78 is 14.4. The summed E-state index contributed by atoms with van der Waals surface area (Å²) >= 11 is 0. The molecular formula is C21H31FN4O4. The molecule has 9 heteroatoms. The average Bonchev–Trinajstić information content (AvgIpc) is 3.47. The van der Waals surface area contributed by atoms with Crippen LogP contribution in [0.5, 0.6) is 0 Å². The second-order valence-corrected chi connectivity index (χ2v) is 8.79. The summed E-state index contributed by atoms with van der Waals surface area (Å²) in [6.45, 7) is 5.45. The monoisotopic (exact) mass is 422 g/mol. The normalized spacial score (nSPS) is 18.3. The molecule has 1 aromatic heterocycles. The molecule has 0 spiro atoms. The Morgan fingerprint density at radius 2 is 2.03 bits per heavy atom. The molecule has 1 aromatic rings. The van der Waals surface area contributed by atoms with E-state index in [0.29, 0.717) is 38.4 Å². The number of aromatic nitrogens is 2. The van der Waals surface area contributed by atoms with Gasteiger partial charge in [0.05, 0.1) is 12.1 Å². The summed E-state index contributed by atoms with van der Waals surface area (Å²) in [4.78, 5) is 38.4. The van der Waals surface area contributed by atoms with Crippen molar-refractivity contribution in [3.05, 3.63) is 27.7 Å². The van der Waals surface area contributed by atoms with Crippen LogP contribution >= 0.6 is 0 Å². The molecular weight excluding hydrogens is 391 g/mol. The van der Waals surface area contributed by atoms with E-state index in [0.717, 1.165) is 24.1 Å². The maximum Gasteiger partial charge on any atom is 0.305 e. The van der Waals surface area contributed by atoms with Crippen molar-refractivity contribution in [3.8, 4) is 0 Å². The van der Waals surface area contributed by atoms with E-state index in [1.165, 1.54) is 4.68 Å². The Kier molecular flexibility index (Phi) is 7.23. The van der Waals surface area contributed by atoms with Crippen LogP contribution in [0.2, 0.25) is 0 Å². The Morgan fingerprint density at radius 3 is 2.60 bits per heavy atom. The van der Waals surface area contributed by atoms with Crippen molar-refractivity contribution in [3.63, 3.8) is 0 Å². The van der Waals surface area contributed by atoms with Gasteiger partial charge in [0.15, 0.2) is 0 Å². The zero-order chi connectivity index (χ0) is 21.8. The fourth-order valence-electron chi connectivity index (χ4n) is 3.81. The highest BCUT2D eigenvalue weighted by Crippen LogP contribution is 2.41. The van der Waals surface area contributed by atoms with Crippen molar-refractivity contribution in [2.24, 2.45) is 5.92 Å². The van der Waals surface area contributed by atoms with Gasteiger partial charge in [0.1, 0.15) is 12.2 Å². The number of aliphatic carboxylic acids is 1. The third kappa shape index (κ3) is 5.87. The maximum absolute atomic E-state index is 13.1. The topological polar surface area (TPSA) is 105 Å². The number of hydrogen-bond donors (Lipinski definition) is 2. The highest BCUT2D eigenvalue weighted by Gasteiger charge is 2.31. The molecule has 2 aliphatic rings. The molecule has 30 heavy (non-hydrogen) atoms. The second kappa shape index (κ2) is 9.68. The minimum absolute atomic E-state index is 0.00385. The summed E-state index contributed by atoms with van der Waals surface area (Å²) in [5.41, 5.74) is 1.43. The van der Waals surface area contributed by atoms with Gasteiger partial charge in [-0.3, -0.25) is 19.3 Å². The van der Waals surface area contributed by atoms with Gasteiger partial charge in [0.25, 0.3) is 5.56 Å². The number of amides is 1. The molecule has 166 valence electrons. The molecule has 2 fully saturated rings. The van der Waals surface area contributed by atoms with Crippen LogP contribution in [0.3, 0.4) is 0 Å². The van der Waals surface area contributed by atoms with E-state index >= 15 is 0 Å². The minimum Gasteiger partial charge on any atom is -0.481 e. The Balaban J connectivity index is 1.82. The van der Waals surface area contributed by atoms with Crippen molar-refractivity contribution in [2.45, 2.75) is 64.1 Å². The first-order chi connectivity index (χ1) is 14.2. The lowest BCUT2D eigenvalue weighted by Gasteiger charge is -2.34. The molecule has 2 N–H and O–H groups in total. The summed E-state index contributed by atoms with van der Waals surface area (Å²) in [5.74, 6) is -0.910. The predicted molar refractivity (Wildman–Crippen MR) is 109 cm³/mol. The Morgan fingerprint density at radius 1 is 1.33 bits per heavy atom. The smallest absolute Gasteiger partial charge is 0.305 e. The van der Waals surface area contributed by atoms with Gasteiger partial charge in [-0.15, -0.1) is 0 Å². The summed E-state index contributed by atoms with van der Waals surface area (Å²) in [6.07, 6.45) is 2.13. The molecule has 0 radical (unpaired) electrons. The highest BCUT2D eigenvalue weighted by atomic mass is 19.1. The lowest BCUT2D eigenvalue weighted by molar-refractivity contribution is -0.137. The molecule has 0 bridgehead atoms. The summed E-state index contributed by atoms with van der Waals surface area (Å²) in [6, 6.07) is 0.809. The van der Waals surface area contributed by atoms with E-state index in [4.69, 9.17) is 5.11 Å². The van der Waals surface area contributed by atoms with Crippen molar-refractivity contribution in [1.29, 1.82) is 0 Å². The fourth-order valence-corrected chi connectivity index (χ4v) is 3.81. The number of carbonyl (C=O) groups is 2. The van der Waals surface area contributed by atoms with Crippen LogP contribution in [0, 0.1) is 5.92 Å². The number of halogens is 1. The SMILES string of the molecule is CC(C)C[C@@H](C(=O)NCCC(=O)O)n1nc(CCN2CC(F)C2)c(C2CC2)cc1=O. The van der Waals surface area contributed by atoms with Gasteiger partial charge in [-0.1, -0.05) is 13.8 Å². The standard InChI is InChI=1S/C21H31FN4O4/c1-13(2)9-18(21(30)23-7-5-20(28)29)26-19(27)10-16(14-3-4-14)17(24-26)6-8-25-11-15(22)12-25/h10,13-15,18H,3-9,11-12H2,1-2H3,(H,23,30)(H,28,29)/t18-/m0/s1. The van der Waals surface area contributed by atoms with Gasteiger partial charge in [0, 0.05) is 38.7 Å². The average molecular weight is 423 g/mol. The molecule has 0 unspecified atom stereocenters. The number of carbonyl (C=O) groups excluding carboxylic acids is 1. The Hall–Kier alpha value is -2.29. The number of alkyl halides is 1. The summed E-state index contributed by atoms with van der Waals surface area (Å²) in [5, 5.41) is 16.0. The predicted octanol–water partition coefficient (Wildman–Crippen LogP) is 1.49. The molecule has 3 rings (SSSR count). The molecule has 1 aliphatic carbocycles. The van der Waals surface area contributed by atoms with E-state index < -0.39 is 24.1 Å². The van der Waals surface area contributed by atoms with Crippen LogP contribution in [0.1, 0.15) is 62.7 Å². The van der Waals surface area contributed by atoms with Gasteiger partial charge in [-0.2, -0.15) is 5.10 Å². The van der Waals surface area contributed by atoms with Crippen molar-refractivity contribution in [1.82, 2.24) is 20.0 Å². The molecule has 1 saturated carbocycles. The number of hydrogen-bond acceptors (Lipinski definition) is 5. The molecule has 1 aliphatic heterocycles. The van der Waals surface area contributed by atoms with Gasteiger partial charge < -0.3 is 10.4 Å². The zero-order valence-corrected chi connectivity index (χ0v) is 17.6. The van der Waals surface area contributed by atoms with Crippen LogP contribution in [-0.4, -0.2) is 64.0 Å². The number of nitrogens with one attached hydrogen (secondary N) is 1. The molecule has 8 nitrogen and oxygen atoms in total. The van der Waals surface area contributed by atoms with Crippen molar-refractivity contribution < 1.29 is 19.1 Å². The highest BCUT2D eigenvalue weighted by molar-refractivity contribution is 5.80. The van der Waals surface area contributed by atoms with Crippen LogP contribution in [0.15, 0.2) is 10.9 Å². The lowest BCUT2D eigenvalue weighted by atomic mass is 10.0. The van der Waals surface area contributed by atoms with E-state index in [1.807, 2.05) is 18.7 Å². The summed E-state index contributed by atoms with van der Waals surface area (Å²) in [7, 11) is 0. The number of rotatable bonds is 11. The van der Waals surface area contributed by atoms with Crippen molar-refractivity contribution in [2.75, 3.05) is 26.2 Å². The van der Waals surface area contributed by atoms with Crippen LogP contribution in [-0.2, 0) is 16.0 Å². The number of carboxylic acid groups (broad SMARTS) is 1. The molecule has 0 aromatic carbocycles. The van der Waals surface area contributed by atoms with Gasteiger partial charge in [-0.25, -0.2) is 9.07 Å². The largest absolute Gasteiger partial charge is 0.481 e. The first kappa shape index (κ1) is 22.4.